The Morgan fingerprint density at radius 3 is 2.86 bits per heavy atom. The van der Waals surface area contributed by atoms with Crippen molar-refractivity contribution in [3.05, 3.63) is 40.3 Å². The number of nitrogens with one attached hydrogen (secondary N) is 1. The molecule has 0 aliphatic carbocycles. The van der Waals surface area contributed by atoms with E-state index in [-0.39, 0.29) is 11.5 Å². The molecule has 1 N–H and O–H groups in total. The summed E-state index contributed by atoms with van der Waals surface area (Å²) >= 11 is 0. The Morgan fingerprint density at radius 1 is 1.33 bits per heavy atom. The predicted molar refractivity (Wildman–Crippen MR) is 75.7 cm³/mol. The minimum atomic E-state index is -0.432. The standard InChI is InChI=1S/C14H16N4O3/c19-18(20)12-4-2-1-3-11(12)14-16-13(21-17-14)9-10-5-7-15-8-6-10/h1-4,10,15H,5-9H2. The Balaban J connectivity index is 1.80. The van der Waals surface area contributed by atoms with Crippen LogP contribution in [0.2, 0.25) is 0 Å². The van der Waals surface area contributed by atoms with Crippen molar-refractivity contribution in [1.82, 2.24) is 15.5 Å². The van der Waals surface area contributed by atoms with Crippen LogP contribution in [0.1, 0.15) is 18.7 Å². The summed E-state index contributed by atoms with van der Waals surface area (Å²) in [6, 6.07) is 6.43. The smallest absolute Gasteiger partial charge is 0.280 e. The Hall–Kier alpha value is -2.28. The number of nitro groups is 1. The lowest BCUT2D eigenvalue weighted by Gasteiger charge is -2.20. The van der Waals surface area contributed by atoms with E-state index in [2.05, 4.69) is 15.5 Å². The summed E-state index contributed by atoms with van der Waals surface area (Å²) in [6.45, 7) is 2.02. The number of nitrogens with zero attached hydrogens (tertiary/aromatic N) is 3. The molecule has 0 spiro atoms. The molecule has 1 aliphatic rings. The first-order chi connectivity index (χ1) is 10.2. The van der Waals surface area contributed by atoms with E-state index in [0.29, 0.717) is 17.4 Å². The Bertz CT molecular complexity index is 635. The lowest BCUT2D eigenvalue weighted by Crippen LogP contribution is -2.28. The van der Waals surface area contributed by atoms with Crippen molar-refractivity contribution in [1.29, 1.82) is 0 Å². The van der Waals surface area contributed by atoms with Crippen molar-refractivity contribution in [2.75, 3.05) is 13.1 Å². The second kappa shape index (κ2) is 6.01. The van der Waals surface area contributed by atoms with Gasteiger partial charge in [0.15, 0.2) is 0 Å². The maximum absolute atomic E-state index is 11.0. The average Bonchev–Trinajstić information content (AvgIpc) is 2.96. The Morgan fingerprint density at radius 2 is 2.10 bits per heavy atom. The molecule has 0 unspecified atom stereocenters. The SMILES string of the molecule is O=[N+]([O-])c1ccccc1-c1noc(CC2CCNCC2)n1. The molecule has 1 aromatic carbocycles. The first kappa shape index (κ1) is 13.7. The van der Waals surface area contributed by atoms with Crippen LogP contribution in [0.15, 0.2) is 28.8 Å². The molecule has 110 valence electrons. The molecule has 7 nitrogen and oxygen atoms in total. The second-order valence-corrected chi connectivity index (χ2v) is 5.18. The molecule has 0 saturated carbocycles. The van der Waals surface area contributed by atoms with Crippen LogP contribution in [0.4, 0.5) is 5.69 Å². The zero-order chi connectivity index (χ0) is 14.7. The van der Waals surface area contributed by atoms with E-state index < -0.39 is 4.92 Å². The fourth-order valence-electron chi connectivity index (χ4n) is 2.60. The van der Waals surface area contributed by atoms with Gasteiger partial charge < -0.3 is 9.84 Å². The molecule has 1 aliphatic heterocycles. The summed E-state index contributed by atoms with van der Waals surface area (Å²) in [6.07, 6.45) is 2.90. The highest BCUT2D eigenvalue weighted by Gasteiger charge is 2.21. The predicted octanol–water partition coefficient (Wildman–Crippen LogP) is 2.19. The Kier molecular flexibility index (Phi) is 3.92. The lowest BCUT2D eigenvalue weighted by molar-refractivity contribution is -0.384. The fraction of sp³-hybridized carbons (Fsp3) is 0.429. The average molecular weight is 288 g/mol. The van der Waals surface area contributed by atoms with Crippen LogP contribution in [0, 0.1) is 16.0 Å². The number of aromatic nitrogens is 2. The number of nitro benzene ring substituents is 1. The summed E-state index contributed by atoms with van der Waals surface area (Å²) < 4.78 is 5.25. The fourth-order valence-corrected chi connectivity index (χ4v) is 2.60. The molecule has 0 atom stereocenters. The van der Waals surface area contributed by atoms with E-state index in [0.717, 1.165) is 32.4 Å². The summed E-state index contributed by atoms with van der Waals surface area (Å²) in [5.41, 5.74) is 0.384. The van der Waals surface area contributed by atoms with Crippen LogP contribution in [0.5, 0.6) is 0 Å². The first-order valence-corrected chi connectivity index (χ1v) is 7.01. The van der Waals surface area contributed by atoms with Gasteiger partial charge >= 0.3 is 0 Å². The van der Waals surface area contributed by atoms with E-state index in [9.17, 15) is 10.1 Å². The van der Waals surface area contributed by atoms with Gasteiger partial charge in [-0.2, -0.15) is 4.98 Å². The number of piperidine rings is 1. The van der Waals surface area contributed by atoms with Crippen molar-refractivity contribution in [3.63, 3.8) is 0 Å². The van der Waals surface area contributed by atoms with Crippen molar-refractivity contribution in [2.45, 2.75) is 19.3 Å². The molecule has 2 heterocycles. The van der Waals surface area contributed by atoms with Crippen LogP contribution in [0.25, 0.3) is 11.4 Å². The third-order valence-electron chi connectivity index (χ3n) is 3.73. The van der Waals surface area contributed by atoms with Gasteiger partial charge in [-0.05, 0) is 37.9 Å². The Labute approximate surface area is 121 Å². The van der Waals surface area contributed by atoms with Gasteiger partial charge in [0.05, 0.1) is 4.92 Å². The first-order valence-electron chi connectivity index (χ1n) is 7.01. The van der Waals surface area contributed by atoms with Crippen LogP contribution >= 0.6 is 0 Å². The number of benzene rings is 1. The third-order valence-corrected chi connectivity index (χ3v) is 3.73. The van der Waals surface area contributed by atoms with Gasteiger partial charge in [0, 0.05) is 12.5 Å². The molecule has 7 heteroatoms. The van der Waals surface area contributed by atoms with Crippen molar-refractivity contribution >= 4 is 5.69 Å². The summed E-state index contributed by atoms with van der Waals surface area (Å²) in [7, 11) is 0. The van der Waals surface area contributed by atoms with Gasteiger partial charge in [-0.3, -0.25) is 10.1 Å². The summed E-state index contributed by atoms with van der Waals surface area (Å²) in [5, 5.41) is 18.2. The topological polar surface area (TPSA) is 94.1 Å². The molecule has 0 bridgehead atoms. The lowest BCUT2D eigenvalue weighted by atomic mass is 9.95. The molecule has 0 amide bonds. The number of hydrogen-bond donors (Lipinski definition) is 1. The number of hydrogen-bond acceptors (Lipinski definition) is 6. The monoisotopic (exact) mass is 288 g/mol. The zero-order valence-electron chi connectivity index (χ0n) is 11.5. The molecular formula is C14H16N4O3. The summed E-state index contributed by atoms with van der Waals surface area (Å²) in [5.74, 6) is 1.37. The van der Waals surface area contributed by atoms with Gasteiger partial charge in [0.25, 0.3) is 5.69 Å². The maximum atomic E-state index is 11.0. The molecule has 0 radical (unpaired) electrons. The zero-order valence-corrected chi connectivity index (χ0v) is 11.5. The molecule has 21 heavy (non-hydrogen) atoms. The van der Waals surface area contributed by atoms with E-state index in [1.807, 2.05) is 0 Å². The van der Waals surface area contributed by atoms with Crippen molar-refractivity contribution in [3.8, 4) is 11.4 Å². The van der Waals surface area contributed by atoms with Gasteiger partial charge in [0.2, 0.25) is 11.7 Å². The van der Waals surface area contributed by atoms with Crippen molar-refractivity contribution in [2.24, 2.45) is 5.92 Å². The number of rotatable bonds is 4. The van der Waals surface area contributed by atoms with Crippen LogP contribution in [-0.4, -0.2) is 28.2 Å². The van der Waals surface area contributed by atoms with Gasteiger partial charge in [-0.15, -0.1) is 0 Å². The normalized spacial score (nSPS) is 16.0. The van der Waals surface area contributed by atoms with Crippen LogP contribution < -0.4 is 5.32 Å². The second-order valence-electron chi connectivity index (χ2n) is 5.18. The highest BCUT2D eigenvalue weighted by Crippen LogP contribution is 2.27. The minimum Gasteiger partial charge on any atom is -0.339 e. The van der Waals surface area contributed by atoms with E-state index in [4.69, 9.17) is 4.52 Å². The molecule has 1 aromatic heterocycles. The van der Waals surface area contributed by atoms with E-state index in [1.165, 1.54) is 6.07 Å². The van der Waals surface area contributed by atoms with Crippen LogP contribution in [0.3, 0.4) is 0 Å². The van der Waals surface area contributed by atoms with Crippen molar-refractivity contribution < 1.29 is 9.45 Å². The summed E-state index contributed by atoms with van der Waals surface area (Å²) in [4.78, 5) is 14.9. The van der Waals surface area contributed by atoms with Gasteiger partial charge in [-0.1, -0.05) is 17.3 Å². The molecule has 1 saturated heterocycles. The maximum Gasteiger partial charge on any atom is 0.280 e. The van der Waals surface area contributed by atoms with Gasteiger partial charge in [-0.25, -0.2) is 0 Å². The highest BCUT2D eigenvalue weighted by molar-refractivity contribution is 5.67. The third kappa shape index (κ3) is 3.08. The van der Waals surface area contributed by atoms with Crippen LogP contribution in [-0.2, 0) is 6.42 Å². The molecule has 2 aromatic rings. The molecule has 1 fully saturated rings. The highest BCUT2D eigenvalue weighted by atomic mass is 16.6. The van der Waals surface area contributed by atoms with Gasteiger partial charge in [0.1, 0.15) is 5.56 Å². The molecular weight excluding hydrogens is 272 g/mol. The largest absolute Gasteiger partial charge is 0.339 e. The number of para-hydroxylation sites is 1. The quantitative estimate of drug-likeness (QED) is 0.684. The minimum absolute atomic E-state index is 0.00767. The van der Waals surface area contributed by atoms with E-state index >= 15 is 0 Å². The molecule has 3 rings (SSSR count). The van der Waals surface area contributed by atoms with E-state index in [1.54, 1.807) is 18.2 Å².